The Bertz CT molecular complexity index is 1120. The second-order valence-corrected chi connectivity index (χ2v) is 7.91. The largest absolute Gasteiger partial charge is 0.335 e. The molecular formula is C22H19N5OS. The molecule has 5 rings (SSSR count). The molecule has 1 aliphatic heterocycles. The van der Waals surface area contributed by atoms with Crippen LogP contribution in [0.4, 0.5) is 0 Å². The van der Waals surface area contributed by atoms with Crippen LogP contribution in [0.3, 0.4) is 0 Å². The Labute approximate surface area is 172 Å². The van der Waals surface area contributed by atoms with Crippen molar-refractivity contribution in [1.82, 2.24) is 24.9 Å². The topological polar surface area (TPSA) is 63.9 Å². The number of hydrogen-bond donors (Lipinski definition) is 0. The van der Waals surface area contributed by atoms with E-state index in [-0.39, 0.29) is 11.9 Å². The van der Waals surface area contributed by atoms with Crippen molar-refractivity contribution in [3.8, 4) is 21.8 Å². The number of aromatic nitrogens is 4. The Hall–Kier alpha value is -3.32. The summed E-state index contributed by atoms with van der Waals surface area (Å²) in [5.41, 5.74) is 3.44. The predicted octanol–water partition coefficient (Wildman–Crippen LogP) is 4.16. The van der Waals surface area contributed by atoms with E-state index < -0.39 is 0 Å². The number of carbonyl (C=O) groups is 1. The Morgan fingerprint density at radius 3 is 2.48 bits per heavy atom. The van der Waals surface area contributed by atoms with Crippen LogP contribution in [0, 0.1) is 0 Å². The quantitative estimate of drug-likeness (QED) is 0.515. The summed E-state index contributed by atoms with van der Waals surface area (Å²) in [7, 11) is 0. The number of carbonyl (C=O) groups excluding carboxylic acids is 1. The summed E-state index contributed by atoms with van der Waals surface area (Å²) in [6.07, 6.45) is 2.82. The third kappa shape index (κ3) is 3.56. The lowest BCUT2D eigenvalue weighted by Crippen LogP contribution is -2.29. The number of hydrogen-bond acceptors (Lipinski definition) is 5. The van der Waals surface area contributed by atoms with Crippen LogP contribution in [0.1, 0.15) is 23.0 Å². The van der Waals surface area contributed by atoms with Gasteiger partial charge in [-0.2, -0.15) is 0 Å². The summed E-state index contributed by atoms with van der Waals surface area (Å²) in [4.78, 5) is 19.3. The standard InChI is InChI=1S/C22H19N5OS/c28-22(20-15-29-21(23-20)17-9-5-2-6-10-17)26-12-11-18(13-26)27-14-19(24-25-27)16-7-3-1-4-8-16/h1-10,14-15,18H,11-13H2. The Balaban J connectivity index is 1.28. The zero-order valence-corrected chi connectivity index (χ0v) is 16.5. The van der Waals surface area contributed by atoms with Gasteiger partial charge >= 0.3 is 0 Å². The van der Waals surface area contributed by atoms with Crippen LogP contribution < -0.4 is 0 Å². The molecule has 1 atom stereocenters. The molecule has 1 amide bonds. The summed E-state index contributed by atoms with van der Waals surface area (Å²) in [5.74, 6) is -0.0191. The highest BCUT2D eigenvalue weighted by atomic mass is 32.1. The summed E-state index contributed by atoms with van der Waals surface area (Å²) < 4.78 is 1.88. The monoisotopic (exact) mass is 401 g/mol. The van der Waals surface area contributed by atoms with E-state index in [2.05, 4.69) is 15.3 Å². The zero-order chi connectivity index (χ0) is 19.6. The lowest BCUT2D eigenvalue weighted by atomic mass is 10.2. The van der Waals surface area contributed by atoms with Gasteiger partial charge in [0.15, 0.2) is 0 Å². The van der Waals surface area contributed by atoms with Gasteiger partial charge in [-0.05, 0) is 6.42 Å². The molecule has 2 aromatic heterocycles. The van der Waals surface area contributed by atoms with Crippen molar-refractivity contribution < 1.29 is 4.79 Å². The van der Waals surface area contributed by atoms with Crippen LogP contribution in [0.2, 0.25) is 0 Å². The maximum atomic E-state index is 12.9. The molecule has 0 saturated carbocycles. The molecule has 29 heavy (non-hydrogen) atoms. The normalized spacial score (nSPS) is 16.3. The van der Waals surface area contributed by atoms with Crippen molar-refractivity contribution in [3.63, 3.8) is 0 Å². The van der Waals surface area contributed by atoms with E-state index in [0.29, 0.717) is 18.8 Å². The lowest BCUT2D eigenvalue weighted by Gasteiger charge is -2.15. The van der Waals surface area contributed by atoms with Gasteiger partial charge in [-0.1, -0.05) is 65.9 Å². The highest BCUT2D eigenvalue weighted by Gasteiger charge is 2.30. The average Bonchev–Trinajstić information content (AvgIpc) is 3.55. The average molecular weight is 401 g/mol. The highest BCUT2D eigenvalue weighted by Crippen LogP contribution is 2.27. The van der Waals surface area contributed by atoms with Gasteiger partial charge in [-0.25, -0.2) is 9.67 Å². The van der Waals surface area contributed by atoms with Crippen molar-refractivity contribution in [2.75, 3.05) is 13.1 Å². The smallest absolute Gasteiger partial charge is 0.273 e. The molecule has 4 aromatic rings. The molecular weight excluding hydrogens is 382 g/mol. The fraction of sp³-hybridized carbons (Fsp3) is 0.182. The minimum atomic E-state index is -0.0191. The van der Waals surface area contributed by atoms with Gasteiger partial charge in [0, 0.05) is 29.6 Å². The van der Waals surface area contributed by atoms with Crippen molar-refractivity contribution in [2.24, 2.45) is 0 Å². The first-order valence-corrected chi connectivity index (χ1v) is 10.4. The molecule has 1 unspecified atom stereocenters. The summed E-state index contributed by atoms with van der Waals surface area (Å²) in [6.45, 7) is 1.32. The second kappa shape index (κ2) is 7.60. The first kappa shape index (κ1) is 17.8. The SMILES string of the molecule is O=C(c1csc(-c2ccccc2)n1)N1CCC(n2cc(-c3ccccc3)nn2)C1. The molecule has 0 bridgehead atoms. The summed E-state index contributed by atoms with van der Waals surface area (Å²) >= 11 is 1.50. The summed E-state index contributed by atoms with van der Waals surface area (Å²) in [5, 5.41) is 11.3. The molecule has 2 aromatic carbocycles. The molecule has 7 heteroatoms. The van der Waals surface area contributed by atoms with Crippen molar-refractivity contribution >= 4 is 17.2 Å². The molecule has 0 radical (unpaired) electrons. The van der Waals surface area contributed by atoms with Crippen LogP contribution >= 0.6 is 11.3 Å². The molecule has 144 valence electrons. The molecule has 1 aliphatic rings. The van der Waals surface area contributed by atoms with E-state index >= 15 is 0 Å². The van der Waals surface area contributed by atoms with Gasteiger partial charge in [0.25, 0.3) is 5.91 Å². The fourth-order valence-corrected chi connectivity index (χ4v) is 4.39. The molecule has 1 saturated heterocycles. The van der Waals surface area contributed by atoms with Crippen LogP contribution in [-0.4, -0.2) is 43.9 Å². The molecule has 0 N–H and O–H groups in total. The van der Waals surface area contributed by atoms with Gasteiger partial charge in [-0.3, -0.25) is 4.79 Å². The number of rotatable bonds is 4. The van der Waals surface area contributed by atoms with E-state index in [9.17, 15) is 4.79 Å². The lowest BCUT2D eigenvalue weighted by molar-refractivity contribution is 0.0782. The van der Waals surface area contributed by atoms with Gasteiger partial charge in [-0.15, -0.1) is 16.4 Å². The third-order valence-corrected chi connectivity index (χ3v) is 6.04. The van der Waals surface area contributed by atoms with Gasteiger partial charge in [0.1, 0.15) is 16.4 Å². The number of benzene rings is 2. The van der Waals surface area contributed by atoms with Gasteiger partial charge in [0.05, 0.1) is 12.2 Å². The number of nitrogens with zero attached hydrogens (tertiary/aromatic N) is 5. The van der Waals surface area contributed by atoms with Crippen LogP contribution in [0.25, 0.3) is 21.8 Å². The van der Waals surface area contributed by atoms with Crippen LogP contribution in [0.5, 0.6) is 0 Å². The minimum absolute atomic E-state index is 0.0191. The zero-order valence-electron chi connectivity index (χ0n) is 15.7. The third-order valence-electron chi connectivity index (χ3n) is 5.15. The van der Waals surface area contributed by atoms with Crippen molar-refractivity contribution in [2.45, 2.75) is 12.5 Å². The first-order chi connectivity index (χ1) is 14.3. The maximum absolute atomic E-state index is 12.9. The van der Waals surface area contributed by atoms with E-state index in [1.54, 1.807) is 0 Å². The first-order valence-electron chi connectivity index (χ1n) is 9.55. The number of likely N-dealkylation sites (tertiary alicyclic amines) is 1. The van der Waals surface area contributed by atoms with Gasteiger partial charge in [0.2, 0.25) is 0 Å². The van der Waals surface area contributed by atoms with Crippen molar-refractivity contribution in [3.05, 3.63) is 77.9 Å². The van der Waals surface area contributed by atoms with E-state index in [1.807, 2.05) is 81.8 Å². The number of thiazole rings is 1. The second-order valence-electron chi connectivity index (χ2n) is 7.05. The van der Waals surface area contributed by atoms with E-state index in [1.165, 1.54) is 11.3 Å². The Kier molecular flexibility index (Phi) is 4.65. The van der Waals surface area contributed by atoms with E-state index in [0.717, 1.165) is 28.2 Å². The molecule has 3 heterocycles. The molecule has 0 aliphatic carbocycles. The molecule has 0 spiro atoms. The minimum Gasteiger partial charge on any atom is -0.335 e. The fourth-order valence-electron chi connectivity index (χ4n) is 3.59. The van der Waals surface area contributed by atoms with Crippen molar-refractivity contribution in [1.29, 1.82) is 0 Å². The van der Waals surface area contributed by atoms with Gasteiger partial charge < -0.3 is 4.90 Å². The Morgan fingerprint density at radius 1 is 1.00 bits per heavy atom. The maximum Gasteiger partial charge on any atom is 0.273 e. The molecule has 6 nitrogen and oxygen atoms in total. The highest BCUT2D eigenvalue weighted by molar-refractivity contribution is 7.13. The predicted molar refractivity (Wildman–Crippen MR) is 113 cm³/mol. The van der Waals surface area contributed by atoms with Crippen LogP contribution in [0.15, 0.2) is 72.2 Å². The Morgan fingerprint density at radius 2 is 1.72 bits per heavy atom. The molecule has 1 fully saturated rings. The number of amides is 1. The van der Waals surface area contributed by atoms with Crippen LogP contribution in [-0.2, 0) is 0 Å². The summed E-state index contributed by atoms with van der Waals surface area (Å²) in [6, 6.07) is 20.1. The van der Waals surface area contributed by atoms with E-state index in [4.69, 9.17) is 0 Å².